The summed E-state index contributed by atoms with van der Waals surface area (Å²) in [4.78, 5) is 16.8. The number of phenols is 1. The van der Waals surface area contributed by atoms with E-state index >= 15 is 0 Å². The molecule has 7 heteroatoms. The zero-order chi connectivity index (χ0) is 19.1. The van der Waals surface area contributed by atoms with E-state index in [1.165, 1.54) is 0 Å². The fraction of sp³-hybridized carbons (Fsp3) is 0.350. The second kappa shape index (κ2) is 9.60. The third-order valence-electron chi connectivity index (χ3n) is 4.50. The van der Waals surface area contributed by atoms with Crippen LogP contribution in [-0.2, 0) is 11.3 Å². The molecule has 0 radical (unpaired) electrons. The number of amides is 2. The van der Waals surface area contributed by atoms with Gasteiger partial charge in [0.1, 0.15) is 5.75 Å². The number of phenolic OH excluding ortho intramolecular Hbond substituents is 1. The fourth-order valence-corrected chi connectivity index (χ4v) is 3.14. The minimum absolute atomic E-state index is 0.128. The molecule has 0 aliphatic carbocycles. The van der Waals surface area contributed by atoms with Crippen molar-refractivity contribution in [1.29, 1.82) is 0 Å². The molecule has 6 nitrogen and oxygen atoms in total. The first-order chi connectivity index (χ1) is 13.1. The van der Waals surface area contributed by atoms with E-state index in [1.807, 2.05) is 30.3 Å². The van der Waals surface area contributed by atoms with E-state index < -0.39 is 0 Å². The number of hydrogen-bond acceptors (Lipinski definition) is 4. The van der Waals surface area contributed by atoms with Crippen LogP contribution >= 0.6 is 11.6 Å². The normalized spacial score (nSPS) is 14.7. The molecule has 0 bridgehead atoms. The zero-order valence-electron chi connectivity index (χ0n) is 15.1. The minimum Gasteiger partial charge on any atom is -0.508 e. The minimum atomic E-state index is -0.214. The highest BCUT2D eigenvalue weighted by Crippen LogP contribution is 2.23. The molecule has 0 unspecified atom stereocenters. The van der Waals surface area contributed by atoms with Crippen molar-refractivity contribution in [2.45, 2.75) is 6.54 Å². The van der Waals surface area contributed by atoms with E-state index in [2.05, 4.69) is 10.2 Å². The van der Waals surface area contributed by atoms with Crippen molar-refractivity contribution in [1.82, 2.24) is 9.80 Å². The van der Waals surface area contributed by atoms with Crippen molar-refractivity contribution in [2.75, 3.05) is 44.7 Å². The van der Waals surface area contributed by atoms with Crippen LogP contribution < -0.4 is 5.32 Å². The first kappa shape index (κ1) is 19.5. The lowest BCUT2D eigenvalue weighted by atomic mass is 10.2. The van der Waals surface area contributed by atoms with Crippen molar-refractivity contribution in [3.05, 3.63) is 59.1 Å². The maximum Gasteiger partial charge on any atom is 0.322 e. The van der Waals surface area contributed by atoms with Crippen LogP contribution in [0.2, 0.25) is 5.02 Å². The number of halogens is 1. The molecular formula is C20H24ClN3O3. The van der Waals surface area contributed by atoms with E-state index in [-0.39, 0.29) is 18.3 Å². The Balaban J connectivity index is 1.70. The average Bonchev–Trinajstić information content (AvgIpc) is 2.69. The summed E-state index contributed by atoms with van der Waals surface area (Å²) in [6.07, 6.45) is 0. The van der Waals surface area contributed by atoms with Gasteiger partial charge in [-0.15, -0.1) is 0 Å². The third kappa shape index (κ3) is 5.85. The largest absolute Gasteiger partial charge is 0.508 e. The highest BCUT2D eigenvalue weighted by atomic mass is 35.5. The van der Waals surface area contributed by atoms with Crippen LogP contribution in [0.4, 0.5) is 10.5 Å². The van der Waals surface area contributed by atoms with Gasteiger partial charge in [0.2, 0.25) is 0 Å². The molecule has 1 fully saturated rings. The number of aromatic hydroxyl groups is 1. The van der Waals surface area contributed by atoms with Crippen molar-refractivity contribution < 1.29 is 14.6 Å². The first-order valence-electron chi connectivity index (χ1n) is 9.00. The molecule has 1 aliphatic heterocycles. The lowest BCUT2D eigenvalue weighted by Gasteiger charge is -2.30. The average molecular weight is 390 g/mol. The molecule has 3 rings (SSSR count). The molecule has 1 aliphatic rings. The number of rotatable bonds is 6. The number of morpholine rings is 1. The first-order valence-corrected chi connectivity index (χ1v) is 9.38. The quantitative estimate of drug-likeness (QED) is 0.794. The lowest BCUT2D eigenvalue weighted by Crippen LogP contribution is -2.44. The predicted octanol–water partition coefficient (Wildman–Crippen LogP) is 3.41. The Kier molecular flexibility index (Phi) is 6.92. The zero-order valence-corrected chi connectivity index (χ0v) is 15.9. The highest BCUT2D eigenvalue weighted by Gasteiger charge is 2.18. The number of para-hydroxylation sites is 1. The molecular weight excluding hydrogens is 366 g/mol. The van der Waals surface area contributed by atoms with Crippen molar-refractivity contribution >= 4 is 23.3 Å². The van der Waals surface area contributed by atoms with Crippen LogP contribution in [-0.4, -0.2) is 60.3 Å². The van der Waals surface area contributed by atoms with Gasteiger partial charge in [-0.25, -0.2) is 4.79 Å². The molecule has 144 valence electrons. The summed E-state index contributed by atoms with van der Waals surface area (Å²) in [6.45, 7) is 4.69. The summed E-state index contributed by atoms with van der Waals surface area (Å²) >= 11 is 6.06. The van der Waals surface area contributed by atoms with E-state index in [9.17, 15) is 9.90 Å². The number of carbonyl (C=O) groups is 1. The molecule has 27 heavy (non-hydrogen) atoms. The molecule has 2 aromatic carbocycles. The van der Waals surface area contributed by atoms with Crippen molar-refractivity contribution in [2.24, 2.45) is 0 Å². The van der Waals surface area contributed by atoms with Gasteiger partial charge in [-0.1, -0.05) is 29.8 Å². The number of urea groups is 1. The van der Waals surface area contributed by atoms with Gasteiger partial charge in [0.15, 0.2) is 0 Å². The second-order valence-electron chi connectivity index (χ2n) is 6.44. The van der Waals surface area contributed by atoms with E-state index in [4.69, 9.17) is 16.3 Å². The van der Waals surface area contributed by atoms with E-state index in [0.717, 1.165) is 25.3 Å². The Hall–Kier alpha value is -2.28. The summed E-state index contributed by atoms with van der Waals surface area (Å²) in [5.74, 6) is 0.128. The molecule has 0 saturated carbocycles. The monoisotopic (exact) mass is 389 g/mol. The highest BCUT2D eigenvalue weighted by molar-refractivity contribution is 6.30. The topological polar surface area (TPSA) is 65.0 Å². The van der Waals surface area contributed by atoms with Gasteiger partial charge in [0.05, 0.1) is 19.8 Å². The SMILES string of the molecule is O=C(Nc1ccccc1)N(CCN1CCOCC1)Cc1cc(Cl)ccc1O. The van der Waals surface area contributed by atoms with Crippen LogP contribution in [0.15, 0.2) is 48.5 Å². The van der Waals surface area contributed by atoms with Crippen LogP contribution in [0.5, 0.6) is 5.75 Å². The van der Waals surface area contributed by atoms with Crippen molar-refractivity contribution in [3.8, 4) is 5.75 Å². The lowest BCUT2D eigenvalue weighted by molar-refractivity contribution is 0.0349. The Morgan fingerprint density at radius 3 is 2.67 bits per heavy atom. The van der Waals surface area contributed by atoms with Crippen LogP contribution in [0.1, 0.15) is 5.56 Å². The number of ether oxygens (including phenoxy) is 1. The Labute approximate surface area is 164 Å². The van der Waals surface area contributed by atoms with E-state index in [0.29, 0.717) is 30.3 Å². The van der Waals surface area contributed by atoms with Gasteiger partial charge < -0.3 is 20.1 Å². The molecule has 0 atom stereocenters. The number of hydrogen-bond donors (Lipinski definition) is 2. The molecule has 2 aromatic rings. The Bertz CT molecular complexity index is 751. The van der Waals surface area contributed by atoms with Gasteiger partial charge >= 0.3 is 6.03 Å². The third-order valence-corrected chi connectivity index (χ3v) is 4.74. The molecule has 1 heterocycles. The Morgan fingerprint density at radius 1 is 1.19 bits per heavy atom. The molecule has 0 aromatic heterocycles. The maximum atomic E-state index is 12.8. The summed E-state index contributed by atoms with van der Waals surface area (Å²) in [5.41, 5.74) is 1.35. The predicted molar refractivity (Wildman–Crippen MR) is 106 cm³/mol. The number of nitrogens with one attached hydrogen (secondary N) is 1. The standard InChI is InChI=1S/C20H24ClN3O3/c21-17-6-7-19(25)16(14-17)15-24(9-8-23-10-12-27-13-11-23)20(26)22-18-4-2-1-3-5-18/h1-7,14,25H,8-13,15H2,(H,22,26). The van der Waals surface area contributed by atoms with Gasteiger partial charge in [-0.2, -0.15) is 0 Å². The number of carbonyl (C=O) groups excluding carboxylic acids is 1. The smallest absolute Gasteiger partial charge is 0.322 e. The van der Waals surface area contributed by atoms with Crippen LogP contribution in [0.25, 0.3) is 0 Å². The summed E-state index contributed by atoms with van der Waals surface area (Å²) in [6, 6.07) is 14.0. The molecule has 1 saturated heterocycles. The summed E-state index contributed by atoms with van der Waals surface area (Å²) < 4.78 is 5.38. The maximum absolute atomic E-state index is 12.8. The Morgan fingerprint density at radius 2 is 1.93 bits per heavy atom. The van der Waals surface area contributed by atoms with E-state index in [1.54, 1.807) is 23.1 Å². The van der Waals surface area contributed by atoms with Gasteiger partial charge in [-0.3, -0.25) is 4.90 Å². The number of benzene rings is 2. The van der Waals surface area contributed by atoms with Gasteiger partial charge in [0, 0.05) is 42.5 Å². The number of nitrogens with zero attached hydrogens (tertiary/aromatic N) is 2. The fourth-order valence-electron chi connectivity index (χ4n) is 2.95. The van der Waals surface area contributed by atoms with Gasteiger partial charge in [0.25, 0.3) is 0 Å². The molecule has 2 N–H and O–H groups in total. The van der Waals surface area contributed by atoms with Gasteiger partial charge in [-0.05, 0) is 30.3 Å². The number of anilines is 1. The van der Waals surface area contributed by atoms with Crippen molar-refractivity contribution in [3.63, 3.8) is 0 Å². The second-order valence-corrected chi connectivity index (χ2v) is 6.88. The summed E-state index contributed by atoms with van der Waals surface area (Å²) in [7, 11) is 0. The van der Waals surface area contributed by atoms with Crippen LogP contribution in [0.3, 0.4) is 0 Å². The molecule has 0 spiro atoms. The summed E-state index contributed by atoms with van der Waals surface area (Å²) in [5, 5.41) is 13.6. The molecule has 2 amide bonds. The van der Waals surface area contributed by atoms with Crippen LogP contribution in [0, 0.1) is 0 Å².